The van der Waals surface area contributed by atoms with Crippen LogP contribution in [0.1, 0.15) is 87.6 Å². The van der Waals surface area contributed by atoms with E-state index in [0.717, 1.165) is 44.2 Å². The molecule has 1 amide bonds. The Morgan fingerprint density at radius 1 is 1.08 bits per heavy atom. The molecule has 0 aromatic heterocycles. The van der Waals surface area contributed by atoms with Gasteiger partial charge in [-0.05, 0) is 94.2 Å². The van der Waals surface area contributed by atoms with Gasteiger partial charge in [-0.1, -0.05) is 42.3 Å². The van der Waals surface area contributed by atoms with E-state index in [1.54, 1.807) is 12.1 Å². The highest BCUT2D eigenvalue weighted by molar-refractivity contribution is 7.89. The molecule has 6 nitrogen and oxygen atoms in total. The molecule has 1 heterocycles. The molecule has 2 aliphatic rings. The number of aryl methyl sites for hydroxylation is 2. The number of halogens is 1. The van der Waals surface area contributed by atoms with E-state index in [-0.39, 0.29) is 34.8 Å². The molecule has 1 aliphatic heterocycles. The molecule has 0 radical (unpaired) electrons. The molecule has 1 saturated heterocycles. The summed E-state index contributed by atoms with van der Waals surface area (Å²) < 4.78 is 28.5. The van der Waals surface area contributed by atoms with E-state index < -0.39 is 10.0 Å². The quantitative estimate of drug-likeness (QED) is 0.470. The Bertz CT molecular complexity index is 1240. The summed E-state index contributed by atoms with van der Waals surface area (Å²) in [6, 6.07) is 11.0. The highest BCUT2D eigenvalue weighted by Crippen LogP contribution is 2.32. The van der Waals surface area contributed by atoms with E-state index in [1.165, 1.54) is 27.1 Å². The largest absolute Gasteiger partial charge is 0.349 e. The summed E-state index contributed by atoms with van der Waals surface area (Å²) >= 11 is 6.23. The smallest absolute Gasteiger partial charge is 0.243 e. The number of carbonyl (C=O) groups is 1. The fourth-order valence-electron chi connectivity index (χ4n) is 5.33. The minimum Gasteiger partial charge on any atom is -0.349 e. The van der Waals surface area contributed by atoms with Crippen LogP contribution in [0.15, 0.2) is 41.3 Å². The van der Waals surface area contributed by atoms with Crippen LogP contribution in [-0.2, 0) is 27.8 Å². The predicted molar refractivity (Wildman–Crippen MR) is 149 cm³/mol. The number of piperidine rings is 1. The standard InChI is InChI=1S/C29H40ClN3O3S/c1-20-11-13-24(18-26(20)30)37(35,36)33-15-6-5-9-23(33)17-28(34)32-27-10-7-8-22-16-21(12-14-25(22)27)19-31-29(2,3)4/h11-14,16,18,23,27,31H,5-10,15,17,19H2,1-4H3,(H,32,34)/t23?,27-/m1/s1. The lowest BCUT2D eigenvalue weighted by molar-refractivity contribution is -0.123. The Morgan fingerprint density at radius 2 is 1.86 bits per heavy atom. The molecule has 1 aliphatic carbocycles. The number of hydrogen-bond acceptors (Lipinski definition) is 4. The molecule has 2 aromatic carbocycles. The van der Waals surface area contributed by atoms with Gasteiger partial charge in [0.15, 0.2) is 0 Å². The number of hydrogen-bond donors (Lipinski definition) is 2. The fraction of sp³-hybridized carbons (Fsp3) is 0.552. The maximum atomic E-state index is 13.5. The van der Waals surface area contributed by atoms with Gasteiger partial charge in [-0.2, -0.15) is 4.31 Å². The van der Waals surface area contributed by atoms with Gasteiger partial charge in [0.2, 0.25) is 15.9 Å². The van der Waals surface area contributed by atoms with Crippen molar-refractivity contribution < 1.29 is 13.2 Å². The van der Waals surface area contributed by atoms with Crippen molar-refractivity contribution in [2.75, 3.05) is 6.54 Å². The van der Waals surface area contributed by atoms with E-state index in [0.29, 0.717) is 18.0 Å². The monoisotopic (exact) mass is 545 g/mol. The maximum absolute atomic E-state index is 13.5. The maximum Gasteiger partial charge on any atom is 0.243 e. The summed E-state index contributed by atoms with van der Waals surface area (Å²) in [6.45, 7) is 9.55. The predicted octanol–water partition coefficient (Wildman–Crippen LogP) is 5.66. The summed E-state index contributed by atoms with van der Waals surface area (Å²) in [5.74, 6) is -0.0923. The molecular formula is C29H40ClN3O3S. The average Bonchev–Trinajstić information content (AvgIpc) is 2.84. The number of rotatable bonds is 7. The molecule has 2 N–H and O–H groups in total. The second kappa shape index (κ2) is 11.4. The van der Waals surface area contributed by atoms with Crippen molar-refractivity contribution in [3.8, 4) is 0 Å². The Morgan fingerprint density at radius 3 is 2.59 bits per heavy atom. The van der Waals surface area contributed by atoms with Crippen molar-refractivity contribution in [2.45, 2.75) is 102 Å². The van der Waals surface area contributed by atoms with Gasteiger partial charge in [-0.3, -0.25) is 4.79 Å². The van der Waals surface area contributed by atoms with Crippen LogP contribution in [0.4, 0.5) is 0 Å². The first-order chi connectivity index (χ1) is 17.4. The Labute approximate surface area is 227 Å². The first-order valence-corrected chi connectivity index (χ1v) is 15.2. The van der Waals surface area contributed by atoms with Crippen molar-refractivity contribution in [3.05, 3.63) is 63.7 Å². The van der Waals surface area contributed by atoms with Gasteiger partial charge in [0.25, 0.3) is 0 Å². The summed E-state index contributed by atoms with van der Waals surface area (Å²) in [4.78, 5) is 13.4. The van der Waals surface area contributed by atoms with Crippen LogP contribution in [0.25, 0.3) is 0 Å². The zero-order valence-electron chi connectivity index (χ0n) is 22.4. The van der Waals surface area contributed by atoms with Gasteiger partial charge in [0.05, 0.1) is 10.9 Å². The van der Waals surface area contributed by atoms with Crippen LogP contribution >= 0.6 is 11.6 Å². The lowest BCUT2D eigenvalue weighted by Gasteiger charge is -2.35. The van der Waals surface area contributed by atoms with Crippen molar-refractivity contribution in [1.82, 2.24) is 14.9 Å². The Hall–Kier alpha value is -1.93. The van der Waals surface area contributed by atoms with Gasteiger partial charge >= 0.3 is 0 Å². The zero-order chi connectivity index (χ0) is 26.8. The van der Waals surface area contributed by atoms with Crippen LogP contribution < -0.4 is 10.6 Å². The van der Waals surface area contributed by atoms with Crippen LogP contribution in [0.2, 0.25) is 5.02 Å². The summed E-state index contributed by atoms with van der Waals surface area (Å²) in [6.07, 6.45) is 5.48. The number of benzene rings is 2. The van der Waals surface area contributed by atoms with Crippen LogP contribution in [0.3, 0.4) is 0 Å². The van der Waals surface area contributed by atoms with Crippen LogP contribution in [0.5, 0.6) is 0 Å². The Kier molecular flexibility index (Phi) is 8.68. The van der Waals surface area contributed by atoms with Gasteiger partial charge in [-0.15, -0.1) is 0 Å². The van der Waals surface area contributed by atoms with E-state index >= 15 is 0 Å². The number of amides is 1. The molecule has 2 atom stereocenters. The fourth-order valence-corrected chi connectivity index (χ4v) is 7.29. The second-order valence-electron chi connectivity index (χ2n) is 11.5. The number of fused-ring (bicyclic) bond motifs is 1. The molecule has 2 aromatic rings. The zero-order valence-corrected chi connectivity index (χ0v) is 24.0. The molecular weight excluding hydrogens is 506 g/mol. The minimum absolute atomic E-state index is 0.0366. The average molecular weight is 546 g/mol. The number of carbonyl (C=O) groups excluding carboxylic acids is 1. The molecule has 1 fully saturated rings. The summed E-state index contributed by atoms with van der Waals surface area (Å²) in [5, 5.41) is 7.20. The van der Waals surface area contributed by atoms with E-state index in [2.05, 4.69) is 49.6 Å². The van der Waals surface area contributed by atoms with Crippen LogP contribution in [0, 0.1) is 6.92 Å². The van der Waals surface area contributed by atoms with E-state index in [9.17, 15) is 13.2 Å². The minimum atomic E-state index is -3.74. The topological polar surface area (TPSA) is 78.5 Å². The second-order valence-corrected chi connectivity index (χ2v) is 13.8. The van der Waals surface area contributed by atoms with Crippen molar-refractivity contribution in [3.63, 3.8) is 0 Å². The lowest BCUT2D eigenvalue weighted by Crippen LogP contribution is -2.46. The Balaban J connectivity index is 1.44. The summed E-state index contributed by atoms with van der Waals surface area (Å²) in [7, 11) is -3.74. The SMILES string of the molecule is Cc1ccc(S(=O)(=O)N2CCCCC2CC(=O)N[C@@H]2CCCc3cc(CNC(C)(C)C)ccc32)cc1Cl. The number of sulfonamides is 1. The molecule has 37 heavy (non-hydrogen) atoms. The van der Waals surface area contributed by atoms with Gasteiger partial charge in [-0.25, -0.2) is 8.42 Å². The van der Waals surface area contributed by atoms with E-state index in [4.69, 9.17) is 11.6 Å². The van der Waals surface area contributed by atoms with Crippen molar-refractivity contribution >= 4 is 27.5 Å². The van der Waals surface area contributed by atoms with Crippen LogP contribution in [-0.4, -0.2) is 36.8 Å². The third-order valence-electron chi connectivity index (χ3n) is 7.42. The van der Waals surface area contributed by atoms with Gasteiger partial charge in [0, 0.05) is 36.1 Å². The molecule has 0 saturated carbocycles. The number of nitrogens with one attached hydrogen (secondary N) is 2. The third kappa shape index (κ3) is 6.94. The molecule has 0 spiro atoms. The van der Waals surface area contributed by atoms with Gasteiger partial charge in [0.1, 0.15) is 0 Å². The van der Waals surface area contributed by atoms with E-state index in [1.807, 2.05) is 6.92 Å². The molecule has 0 bridgehead atoms. The molecule has 4 rings (SSSR count). The first-order valence-electron chi connectivity index (χ1n) is 13.4. The normalized spacial score (nSPS) is 20.9. The molecule has 8 heteroatoms. The first kappa shape index (κ1) is 28.1. The van der Waals surface area contributed by atoms with Crippen molar-refractivity contribution in [1.29, 1.82) is 0 Å². The number of nitrogens with zero attached hydrogens (tertiary/aromatic N) is 1. The van der Waals surface area contributed by atoms with Crippen molar-refractivity contribution in [2.24, 2.45) is 0 Å². The lowest BCUT2D eigenvalue weighted by atomic mass is 9.86. The third-order valence-corrected chi connectivity index (χ3v) is 9.78. The molecule has 202 valence electrons. The van der Waals surface area contributed by atoms with Gasteiger partial charge < -0.3 is 10.6 Å². The highest BCUT2D eigenvalue weighted by atomic mass is 35.5. The highest BCUT2D eigenvalue weighted by Gasteiger charge is 2.35. The summed E-state index contributed by atoms with van der Waals surface area (Å²) in [5.41, 5.74) is 4.61. The molecule has 1 unspecified atom stereocenters.